The molecule has 1 N–H and O–H groups in total. The maximum atomic E-state index is 13.6. The molecule has 0 fully saturated rings. The summed E-state index contributed by atoms with van der Waals surface area (Å²) in [6.07, 6.45) is 0. The van der Waals surface area contributed by atoms with Crippen molar-refractivity contribution in [2.75, 3.05) is 14.2 Å². The summed E-state index contributed by atoms with van der Waals surface area (Å²) in [7, 11) is 2.98. The van der Waals surface area contributed by atoms with Crippen molar-refractivity contribution >= 4 is 17.2 Å². The van der Waals surface area contributed by atoms with Gasteiger partial charge >= 0.3 is 0 Å². The predicted molar refractivity (Wildman–Crippen MR) is 72.2 cm³/mol. The maximum absolute atomic E-state index is 13.6. The number of ether oxygens (including phenoxy) is 1. The Labute approximate surface area is 114 Å². The van der Waals surface area contributed by atoms with Crippen LogP contribution in [-0.4, -0.2) is 25.0 Å². The van der Waals surface area contributed by atoms with Crippen molar-refractivity contribution in [1.82, 2.24) is 10.3 Å². The fourth-order valence-electron chi connectivity index (χ4n) is 1.64. The molecule has 0 spiro atoms. The molecule has 0 saturated heterocycles. The largest absolute Gasteiger partial charge is 0.494 e. The quantitative estimate of drug-likeness (QED) is 0.940. The topological polar surface area (TPSA) is 51.2 Å². The molecule has 2 aromatic rings. The number of nitrogens with zero attached hydrogens (tertiary/aromatic N) is 1. The van der Waals surface area contributed by atoms with Gasteiger partial charge in [0.25, 0.3) is 5.91 Å². The molecule has 0 aliphatic rings. The number of halogens is 1. The summed E-state index contributed by atoms with van der Waals surface area (Å²) in [5.41, 5.74) is 1.26. The van der Waals surface area contributed by atoms with Gasteiger partial charge in [-0.3, -0.25) is 4.79 Å². The Bertz CT molecular complexity index is 625. The molecule has 19 heavy (non-hydrogen) atoms. The van der Waals surface area contributed by atoms with Gasteiger partial charge in [0, 0.05) is 12.6 Å². The fourth-order valence-corrected chi connectivity index (χ4v) is 2.65. The molecule has 0 aliphatic heterocycles. The van der Waals surface area contributed by atoms with E-state index in [-0.39, 0.29) is 11.7 Å². The lowest BCUT2D eigenvalue weighted by molar-refractivity contribution is 0.0966. The summed E-state index contributed by atoms with van der Waals surface area (Å²) in [4.78, 5) is 16.4. The summed E-state index contributed by atoms with van der Waals surface area (Å²) in [5, 5.41) is 3.16. The van der Waals surface area contributed by atoms with Gasteiger partial charge in [0.05, 0.1) is 12.8 Å². The lowest BCUT2D eigenvalue weighted by Gasteiger charge is -2.02. The van der Waals surface area contributed by atoms with E-state index in [2.05, 4.69) is 10.3 Å². The van der Waals surface area contributed by atoms with Gasteiger partial charge in [0.15, 0.2) is 11.6 Å². The Hall–Kier alpha value is -1.95. The van der Waals surface area contributed by atoms with Crippen molar-refractivity contribution in [3.05, 3.63) is 34.6 Å². The van der Waals surface area contributed by atoms with Gasteiger partial charge in [-0.05, 0) is 25.1 Å². The van der Waals surface area contributed by atoms with Crippen LogP contribution in [0.15, 0.2) is 18.2 Å². The van der Waals surface area contributed by atoms with Crippen molar-refractivity contribution < 1.29 is 13.9 Å². The fraction of sp³-hybridized carbons (Fsp3) is 0.231. The number of hydrogen-bond acceptors (Lipinski definition) is 4. The molecule has 0 aliphatic carbocycles. The van der Waals surface area contributed by atoms with E-state index in [1.54, 1.807) is 26.1 Å². The smallest absolute Gasteiger partial charge is 0.263 e. The third-order valence-corrected chi connectivity index (χ3v) is 3.83. The van der Waals surface area contributed by atoms with E-state index in [1.165, 1.54) is 24.5 Å². The van der Waals surface area contributed by atoms with Crippen molar-refractivity contribution in [1.29, 1.82) is 0 Å². The van der Waals surface area contributed by atoms with Crippen LogP contribution in [-0.2, 0) is 0 Å². The van der Waals surface area contributed by atoms with E-state index in [1.807, 2.05) is 0 Å². The number of hydrogen-bond donors (Lipinski definition) is 1. The normalized spacial score (nSPS) is 10.3. The Morgan fingerprint density at radius 3 is 2.79 bits per heavy atom. The number of aromatic nitrogens is 1. The zero-order chi connectivity index (χ0) is 14.0. The number of amides is 1. The molecule has 1 aromatic carbocycles. The molecule has 100 valence electrons. The first kappa shape index (κ1) is 13.5. The number of benzene rings is 1. The van der Waals surface area contributed by atoms with Gasteiger partial charge in [-0.1, -0.05) is 0 Å². The molecular weight excluding hydrogens is 267 g/mol. The maximum Gasteiger partial charge on any atom is 0.263 e. The van der Waals surface area contributed by atoms with Crippen LogP contribution in [0.5, 0.6) is 5.75 Å². The van der Waals surface area contributed by atoms with Gasteiger partial charge in [-0.25, -0.2) is 9.37 Å². The van der Waals surface area contributed by atoms with Gasteiger partial charge < -0.3 is 10.1 Å². The highest BCUT2D eigenvalue weighted by Crippen LogP contribution is 2.30. The zero-order valence-electron chi connectivity index (χ0n) is 10.8. The van der Waals surface area contributed by atoms with E-state index < -0.39 is 5.82 Å². The van der Waals surface area contributed by atoms with Crippen LogP contribution in [0.1, 0.15) is 15.4 Å². The van der Waals surface area contributed by atoms with Crippen molar-refractivity contribution in [2.24, 2.45) is 0 Å². The average molecular weight is 280 g/mol. The van der Waals surface area contributed by atoms with Crippen molar-refractivity contribution in [2.45, 2.75) is 6.92 Å². The van der Waals surface area contributed by atoms with Crippen LogP contribution in [0, 0.1) is 12.7 Å². The number of rotatable bonds is 3. The molecule has 0 atom stereocenters. The van der Waals surface area contributed by atoms with Crippen LogP contribution < -0.4 is 10.1 Å². The molecule has 0 radical (unpaired) electrons. The number of thiazole rings is 1. The Morgan fingerprint density at radius 1 is 1.47 bits per heavy atom. The van der Waals surface area contributed by atoms with Crippen LogP contribution in [0.2, 0.25) is 0 Å². The summed E-state index contributed by atoms with van der Waals surface area (Å²) in [6, 6.07) is 4.61. The highest BCUT2D eigenvalue weighted by molar-refractivity contribution is 7.17. The molecule has 0 unspecified atom stereocenters. The number of carbonyl (C=O) groups is 1. The van der Waals surface area contributed by atoms with Crippen molar-refractivity contribution in [3.8, 4) is 16.3 Å². The average Bonchev–Trinajstić information content (AvgIpc) is 2.80. The lowest BCUT2D eigenvalue weighted by atomic mass is 10.2. The molecule has 0 bridgehead atoms. The molecule has 6 heteroatoms. The molecule has 1 heterocycles. The Kier molecular flexibility index (Phi) is 3.80. The highest BCUT2D eigenvalue weighted by atomic mass is 32.1. The Balaban J connectivity index is 2.42. The molecule has 2 rings (SSSR count). The highest BCUT2D eigenvalue weighted by Gasteiger charge is 2.16. The van der Waals surface area contributed by atoms with Crippen LogP contribution in [0.25, 0.3) is 10.6 Å². The molecular formula is C13H13FN2O2S. The first-order chi connectivity index (χ1) is 9.06. The standard InChI is InChI=1S/C13H13FN2O2S/c1-7-11(12(17)15-2)19-13(16-7)8-4-5-10(18-3)9(14)6-8/h4-6H,1-3H3,(H,15,17). The van der Waals surface area contributed by atoms with Crippen LogP contribution >= 0.6 is 11.3 Å². The van der Waals surface area contributed by atoms with Crippen molar-refractivity contribution in [3.63, 3.8) is 0 Å². The number of aryl methyl sites for hydroxylation is 1. The molecule has 4 nitrogen and oxygen atoms in total. The number of nitrogens with one attached hydrogen (secondary N) is 1. The summed E-state index contributed by atoms with van der Waals surface area (Å²) in [6.45, 7) is 1.75. The first-order valence-corrected chi connectivity index (χ1v) is 6.42. The van der Waals surface area contributed by atoms with E-state index in [0.717, 1.165) is 0 Å². The Morgan fingerprint density at radius 2 is 2.21 bits per heavy atom. The van der Waals surface area contributed by atoms with Gasteiger partial charge in [-0.15, -0.1) is 11.3 Å². The van der Waals surface area contributed by atoms with E-state index in [9.17, 15) is 9.18 Å². The minimum Gasteiger partial charge on any atom is -0.494 e. The van der Waals surface area contributed by atoms with Gasteiger partial charge in [0.2, 0.25) is 0 Å². The van der Waals surface area contributed by atoms with Crippen LogP contribution in [0.3, 0.4) is 0 Å². The molecule has 0 saturated carbocycles. The van der Waals surface area contributed by atoms with E-state index in [4.69, 9.17) is 4.74 Å². The van der Waals surface area contributed by atoms with Gasteiger partial charge in [0.1, 0.15) is 9.88 Å². The van der Waals surface area contributed by atoms with Crippen LogP contribution in [0.4, 0.5) is 4.39 Å². The number of methoxy groups -OCH3 is 1. The third kappa shape index (κ3) is 2.58. The molecule has 1 amide bonds. The minimum absolute atomic E-state index is 0.184. The lowest BCUT2D eigenvalue weighted by Crippen LogP contribution is -2.17. The first-order valence-electron chi connectivity index (χ1n) is 5.60. The monoisotopic (exact) mass is 280 g/mol. The second kappa shape index (κ2) is 5.36. The minimum atomic E-state index is -0.450. The summed E-state index contributed by atoms with van der Waals surface area (Å²) in [5.74, 6) is -0.451. The van der Waals surface area contributed by atoms with Gasteiger partial charge in [-0.2, -0.15) is 0 Å². The zero-order valence-corrected chi connectivity index (χ0v) is 11.6. The second-order valence-electron chi connectivity index (χ2n) is 3.86. The SMILES string of the molecule is CNC(=O)c1sc(-c2ccc(OC)c(F)c2)nc1C. The number of carbonyl (C=O) groups excluding carboxylic acids is 1. The predicted octanol–water partition coefficient (Wildman–Crippen LogP) is 2.63. The second-order valence-corrected chi connectivity index (χ2v) is 4.86. The van der Waals surface area contributed by atoms with E-state index in [0.29, 0.717) is 21.1 Å². The van der Waals surface area contributed by atoms with E-state index >= 15 is 0 Å². The molecule has 1 aromatic heterocycles. The summed E-state index contributed by atoms with van der Waals surface area (Å²) < 4.78 is 18.5. The third-order valence-electron chi connectivity index (χ3n) is 2.63. The summed E-state index contributed by atoms with van der Waals surface area (Å²) >= 11 is 1.24.